The Kier molecular flexibility index (Phi) is 6.40. The van der Waals surface area contributed by atoms with E-state index in [0.717, 1.165) is 12.0 Å². The first-order valence-corrected chi connectivity index (χ1v) is 9.11. The van der Waals surface area contributed by atoms with Crippen molar-refractivity contribution in [2.24, 2.45) is 5.41 Å². The van der Waals surface area contributed by atoms with Gasteiger partial charge >= 0.3 is 0 Å². The fourth-order valence-corrected chi connectivity index (χ4v) is 3.15. The van der Waals surface area contributed by atoms with Crippen LogP contribution in [0.3, 0.4) is 0 Å². The number of amides is 3. The zero-order chi connectivity index (χ0) is 19.3. The largest absolute Gasteiger partial charge is 0.342 e. The Labute approximate surface area is 155 Å². The van der Waals surface area contributed by atoms with Gasteiger partial charge in [-0.3, -0.25) is 14.4 Å². The first kappa shape index (κ1) is 19.9. The van der Waals surface area contributed by atoms with Gasteiger partial charge in [0.15, 0.2) is 0 Å². The maximum atomic E-state index is 13.2. The van der Waals surface area contributed by atoms with Crippen molar-refractivity contribution in [2.75, 3.05) is 26.2 Å². The van der Waals surface area contributed by atoms with E-state index in [0.29, 0.717) is 32.7 Å². The number of piperazine rings is 1. The lowest BCUT2D eigenvalue weighted by Gasteiger charge is -2.39. The highest BCUT2D eigenvalue weighted by atomic mass is 16.2. The third kappa shape index (κ3) is 4.42. The molecule has 6 nitrogen and oxygen atoms in total. The van der Waals surface area contributed by atoms with Crippen molar-refractivity contribution in [1.82, 2.24) is 14.7 Å². The SMILES string of the molecule is CC(C)N(Cc1ccccc1)C(=O)C(C)(C)C(=O)N1CCN(C=O)CC1. The van der Waals surface area contributed by atoms with E-state index in [9.17, 15) is 14.4 Å². The molecule has 1 aliphatic heterocycles. The van der Waals surface area contributed by atoms with Crippen LogP contribution in [0.4, 0.5) is 0 Å². The summed E-state index contributed by atoms with van der Waals surface area (Å²) in [6.07, 6.45) is 0.804. The molecule has 6 heteroatoms. The fraction of sp³-hybridized carbons (Fsp3) is 0.550. The molecule has 1 saturated heterocycles. The van der Waals surface area contributed by atoms with Crippen molar-refractivity contribution in [3.63, 3.8) is 0 Å². The van der Waals surface area contributed by atoms with E-state index in [4.69, 9.17) is 0 Å². The van der Waals surface area contributed by atoms with Gasteiger partial charge in [-0.15, -0.1) is 0 Å². The Bertz CT molecular complexity index is 635. The van der Waals surface area contributed by atoms with Crippen LogP contribution in [-0.2, 0) is 20.9 Å². The van der Waals surface area contributed by atoms with Gasteiger partial charge in [-0.2, -0.15) is 0 Å². The summed E-state index contributed by atoms with van der Waals surface area (Å²) in [6, 6.07) is 9.79. The van der Waals surface area contributed by atoms with E-state index >= 15 is 0 Å². The number of hydrogen-bond acceptors (Lipinski definition) is 3. The second kappa shape index (κ2) is 8.34. The number of carbonyl (C=O) groups excluding carboxylic acids is 3. The number of benzene rings is 1. The highest BCUT2D eigenvalue weighted by molar-refractivity contribution is 6.04. The van der Waals surface area contributed by atoms with Crippen LogP contribution in [0.15, 0.2) is 30.3 Å². The van der Waals surface area contributed by atoms with Crippen LogP contribution < -0.4 is 0 Å². The van der Waals surface area contributed by atoms with Gasteiger partial charge in [0.1, 0.15) is 5.41 Å². The zero-order valence-electron chi connectivity index (χ0n) is 16.1. The number of rotatable bonds is 6. The number of carbonyl (C=O) groups is 3. The lowest BCUT2D eigenvalue weighted by molar-refractivity contribution is -0.157. The van der Waals surface area contributed by atoms with Crippen molar-refractivity contribution in [2.45, 2.75) is 40.3 Å². The summed E-state index contributed by atoms with van der Waals surface area (Å²) in [4.78, 5) is 42.2. The standard InChI is InChI=1S/C20H29N3O3/c1-16(2)23(14-17-8-6-5-7-9-17)19(26)20(3,4)18(25)22-12-10-21(15-24)11-13-22/h5-9,15-16H,10-14H2,1-4H3. The zero-order valence-corrected chi connectivity index (χ0v) is 16.1. The Hall–Kier alpha value is -2.37. The fourth-order valence-electron chi connectivity index (χ4n) is 3.15. The van der Waals surface area contributed by atoms with E-state index in [1.807, 2.05) is 44.2 Å². The molecule has 1 heterocycles. The summed E-state index contributed by atoms with van der Waals surface area (Å²) >= 11 is 0. The molecule has 0 bridgehead atoms. The molecule has 0 unspecified atom stereocenters. The van der Waals surface area contributed by atoms with E-state index in [2.05, 4.69) is 0 Å². The molecule has 1 fully saturated rings. The van der Waals surface area contributed by atoms with Crippen molar-refractivity contribution in [3.05, 3.63) is 35.9 Å². The molecule has 0 aromatic heterocycles. The Morgan fingerprint density at radius 3 is 2.19 bits per heavy atom. The Balaban J connectivity index is 2.12. The predicted molar refractivity (Wildman–Crippen MR) is 100 cm³/mol. The lowest BCUT2D eigenvalue weighted by atomic mass is 9.88. The summed E-state index contributed by atoms with van der Waals surface area (Å²) in [5.74, 6) is -0.342. The summed E-state index contributed by atoms with van der Waals surface area (Å²) < 4.78 is 0. The van der Waals surface area contributed by atoms with E-state index < -0.39 is 5.41 Å². The predicted octanol–water partition coefficient (Wildman–Crippen LogP) is 1.75. The molecule has 0 N–H and O–H groups in total. The second-order valence-corrected chi connectivity index (χ2v) is 7.57. The molecule has 1 aromatic carbocycles. The average Bonchev–Trinajstić information content (AvgIpc) is 2.65. The molecule has 26 heavy (non-hydrogen) atoms. The van der Waals surface area contributed by atoms with Gasteiger partial charge in [-0.05, 0) is 33.3 Å². The molecular weight excluding hydrogens is 330 g/mol. The molecule has 142 valence electrons. The summed E-state index contributed by atoms with van der Waals surface area (Å²) in [5.41, 5.74) is -0.0973. The smallest absolute Gasteiger partial charge is 0.238 e. The van der Waals surface area contributed by atoms with Gasteiger partial charge in [0.05, 0.1) is 0 Å². The molecule has 0 atom stereocenters. The molecular formula is C20H29N3O3. The van der Waals surface area contributed by atoms with Gasteiger partial charge in [-0.1, -0.05) is 30.3 Å². The monoisotopic (exact) mass is 359 g/mol. The Morgan fingerprint density at radius 1 is 1.12 bits per heavy atom. The maximum Gasteiger partial charge on any atom is 0.238 e. The molecule has 3 amide bonds. The third-order valence-electron chi connectivity index (χ3n) is 4.90. The third-order valence-corrected chi connectivity index (χ3v) is 4.90. The summed E-state index contributed by atoms with van der Waals surface area (Å²) in [6.45, 7) is 9.76. The Morgan fingerprint density at radius 2 is 1.69 bits per heavy atom. The average molecular weight is 359 g/mol. The minimum absolute atomic E-state index is 0.0123. The van der Waals surface area contributed by atoms with Crippen molar-refractivity contribution in [1.29, 1.82) is 0 Å². The number of nitrogens with zero attached hydrogens (tertiary/aromatic N) is 3. The molecule has 1 aliphatic rings. The molecule has 0 radical (unpaired) electrons. The normalized spacial score (nSPS) is 15.1. The van der Waals surface area contributed by atoms with E-state index in [1.165, 1.54) is 0 Å². The molecule has 2 rings (SSSR count). The van der Waals surface area contributed by atoms with Crippen LogP contribution in [0.2, 0.25) is 0 Å². The minimum Gasteiger partial charge on any atom is -0.342 e. The maximum absolute atomic E-state index is 13.2. The van der Waals surface area contributed by atoms with Crippen LogP contribution in [0.1, 0.15) is 33.3 Å². The van der Waals surface area contributed by atoms with Gasteiger partial charge in [0.25, 0.3) is 0 Å². The van der Waals surface area contributed by atoms with Crippen LogP contribution in [-0.4, -0.2) is 65.1 Å². The van der Waals surface area contributed by atoms with Gasteiger partial charge in [0.2, 0.25) is 18.2 Å². The van der Waals surface area contributed by atoms with Crippen LogP contribution in [0.5, 0.6) is 0 Å². The topological polar surface area (TPSA) is 60.9 Å². The summed E-state index contributed by atoms with van der Waals surface area (Å²) in [7, 11) is 0. The first-order valence-electron chi connectivity index (χ1n) is 9.11. The number of hydrogen-bond donors (Lipinski definition) is 0. The van der Waals surface area contributed by atoms with E-state index in [-0.39, 0.29) is 17.9 Å². The van der Waals surface area contributed by atoms with Crippen LogP contribution in [0, 0.1) is 5.41 Å². The summed E-state index contributed by atoms with van der Waals surface area (Å²) in [5, 5.41) is 0. The van der Waals surface area contributed by atoms with Gasteiger partial charge in [0, 0.05) is 38.8 Å². The van der Waals surface area contributed by atoms with Crippen molar-refractivity contribution >= 4 is 18.2 Å². The highest BCUT2D eigenvalue weighted by Crippen LogP contribution is 2.25. The lowest BCUT2D eigenvalue weighted by Crippen LogP contribution is -2.56. The molecule has 1 aromatic rings. The second-order valence-electron chi connectivity index (χ2n) is 7.57. The van der Waals surface area contributed by atoms with Gasteiger partial charge in [-0.25, -0.2) is 0 Å². The van der Waals surface area contributed by atoms with Crippen molar-refractivity contribution in [3.8, 4) is 0 Å². The minimum atomic E-state index is -1.14. The van der Waals surface area contributed by atoms with Crippen LogP contribution >= 0.6 is 0 Å². The molecule has 0 spiro atoms. The highest BCUT2D eigenvalue weighted by Gasteiger charge is 2.42. The van der Waals surface area contributed by atoms with Crippen LogP contribution in [0.25, 0.3) is 0 Å². The van der Waals surface area contributed by atoms with Gasteiger partial charge < -0.3 is 14.7 Å². The first-order chi connectivity index (χ1) is 12.3. The van der Waals surface area contributed by atoms with E-state index in [1.54, 1.807) is 28.5 Å². The quantitative estimate of drug-likeness (QED) is 0.574. The van der Waals surface area contributed by atoms with Crippen molar-refractivity contribution < 1.29 is 14.4 Å². The molecule has 0 saturated carbocycles. The molecule has 0 aliphatic carbocycles.